The fourth-order valence-electron chi connectivity index (χ4n) is 4.02. The molecule has 3 fully saturated rings. The topological polar surface area (TPSA) is 41.1 Å². The van der Waals surface area contributed by atoms with Gasteiger partial charge in [0.25, 0.3) is 0 Å². The number of hydrogen-bond donors (Lipinski definition) is 2. The summed E-state index contributed by atoms with van der Waals surface area (Å²) in [7, 11) is 0. The molecule has 0 aromatic carbocycles. The Morgan fingerprint density at radius 2 is 2.12 bits per heavy atom. The highest BCUT2D eigenvalue weighted by atomic mass is 16.1. The first-order valence-corrected chi connectivity index (χ1v) is 7.34. The number of hydrogen-bond acceptors (Lipinski definition) is 2. The number of nitrogens with one attached hydrogen (secondary N) is 2. The van der Waals surface area contributed by atoms with Gasteiger partial charge in [-0.05, 0) is 50.5 Å². The highest BCUT2D eigenvalue weighted by molar-refractivity contribution is 5.79. The average molecular weight is 236 g/mol. The number of fused-ring (bicyclic) bond motifs is 2. The van der Waals surface area contributed by atoms with E-state index in [1.807, 2.05) is 0 Å². The molecule has 3 aliphatic rings. The quantitative estimate of drug-likeness (QED) is 0.783. The van der Waals surface area contributed by atoms with Crippen molar-refractivity contribution in [1.82, 2.24) is 10.6 Å². The Labute approximate surface area is 104 Å². The van der Waals surface area contributed by atoms with E-state index in [2.05, 4.69) is 10.6 Å². The van der Waals surface area contributed by atoms with Gasteiger partial charge in [0.1, 0.15) is 0 Å². The number of piperidine rings is 1. The van der Waals surface area contributed by atoms with Crippen LogP contribution in [0.5, 0.6) is 0 Å². The van der Waals surface area contributed by atoms with Gasteiger partial charge in [-0.3, -0.25) is 4.79 Å². The van der Waals surface area contributed by atoms with Gasteiger partial charge in [0.2, 0.25) is 5.91 Å². The summed E-state index contributed by atoms with van der Waals surface area (Å²) in [5.41, 5.74) is 0. The summed E-state index contributed by atoms with van der Waals surface area (Å²) in [6.07, 6.45) is 8.97. The molecule has 17 heavy (non-hydrogen) atoms. The van der Waals surface area contributed by atoms with Crippen LogP contribution in [-0.4, -0.2) is 25.0 Å². The van der Waals surface area contributed by atoms with E-state index in [-0.39, 0.29) is 0 Å². The molecule has 2 aliphatic carbocycles. The molecule has 1 aliphatic heterocycles. The van der Waals surface area contributed by atoms with Crippen LogP contribution in [0.15, 0.2) is 0 Å². The van der Waals surface area contributed by atoms with Crippen LogP contribution in [0.1, 0.15) is 44.9 Å². The van der Waals surface area contributed by atoms with Crippen molar-refractivity contribution in [3.8, 4) is 0 Å². The molecule has 2 saturated carbocycles. The maximum Gasteiger partial charge on any atom is 0.223 e. The number of amides is 1. The zero-order valence-corrected chi connectivity index (χ0v) is 10.6. The molecule has 0 aromatic heterocycles. The highest BCUT2D eigenvalue weighted by Crippen LogP contribution is 2.48. The molecule has 0 radical (unpaired) electrons. The van der Waals surface area contributed by atoms with Crippen LogP contribution in [0.4, 0.5) is 0 Å². The summed E-state index contributed by atoms with van der Waals surface area (Å²) in [5, 5.41) is 6.66. The van der Waals surface area contributed by atoms with Crippen molar-refractivity contribution in [3.05, 3.63) is 0 Å². The van der Waals surface area contributed by atoms with Gasteiger partial charge in [-0.1, -0.05) is 12.8 Å². The lowest BCUT2D eigenvalue weighted by atomic mass is 9.88. The van der Waals surface area contributed by atoms with Crippen molar-refractivity contribution >= 4 is 5.91 Å². The van der Waals surface area contributed by atoms with Crippen LogP contribution in [-0.2, 0) is 4.79 Å². The van der Waals surface area contributed by atoms with Gasteiger partial charge in [-0.25, -0.2) is 0 Å². The van der Waals surface area contributed by atoms with E-state index in [0.717, 1.165) is 25.4 Å². The predicted octanol–water partition coefficient (Wildman–Crippen LogP) is 1.68. The van der Waals surface area contributed by atoms with Crippen molar-refractivity contribution in [2.24, 2.45) is 17.8 Å². The summed E-state index contributed by atoms with van der Waals surface area (Å²) >= 11 is 0. The molecular formula is C14H24N2O. The Hall–Kier alpha value is -0.570. The van der Waals surface area contributed by atoms with E-state index in [1.54, 1.807) is 0 Å². The lowest BCUT2D eigenvalue weighted by molar-refractivity contribution is -0.126. The van der Waals surface area contributed by atoms with E-state index in [1.165, 1.54) is 38.5 Å². The van der Waals surface area contributed by atoms with Crippen molar-refractivity contribution in [1.29, 1.82) is 0 Å². The van der Waals surface area contributed by atoms with E-state index in [0.29, 0.717) is 23.8 Å². The Morgan fingerprint density at radius 3 is 2.76 bits per heavy atom. The molecule has 2 N–H and O–H groups in total. The molecule has 1 saturated heterocycles. The van der Waals surface area contributed by atoms with Crippen molar-refractivity contribution in [2.45, 2.75) is 51.0 Å². The second-order valence-electron chi connectivity index (χ2n) is 6.17. The zero-order valence-electron chi connectivity index (χ0n) is 10.6. The number of rotatable bonds is 3. The minimum Gasteiger partial charge on any atom is -0.354 e. The maximum absolute atomic E-state index is 12.1. The van der Waals surface area contributed by atoms with Gasteiger partial charge >= 0.3 is 0 Å². The Bertz CT molecular complexity index is 286. The SMILES string of the molecule is O=C(NCC1CCCCN1)C1CC2CCC1C2. The standard InChI is InChI=1S/C14H24N2O/c17-14(13-8-10-4-5-11(13)7-10)16-9-12-3-1-2-6-15-12/h10-13,15H,1-9H2,(H,16,17). The number of carbonyl (C=O) groups is 1. The van der Waals surface area contributed by atoms with Crippen LogP contribution in [0, 0.1) is 17.8 Å². The van der Waals surface area contributed by atoms with Gasteiger partial charge in [0, 0.05) is 18.5 Å². The third-order valence-corrected chi connectivity index (χ3v) is 5.01. The van der Waals surface area contributed by atoms with Crippen LogP contribution in [0.2, 0.25) is 0 Å². The maximum atomic E-state index is 12.1. The van der Waals surface area contributed by atoms with Crippen LogP contribution in [0.25, 0.3) is 0 Å². The molecule has 3 rings (SSSR count). The van der Waals surface area contributed by atoms with Crippen molar-refractivity contribution in [2.75, 3.05) is 13.1 Å². The Kier molecular flexibility index (Phi) is 3.37. The van der Waals surface area contributed by atoms with Crippen LogP contribution < -0.4 is 10.6 Å². The van der Waals surface area contributed by atoms with Crippen molar-refractivity contribution < 1.29 is 4.79 Å². The van der Waals surface area contributed by atoms with E-state index >= 15 is 0 Å². The van der Waals surface area contributed by atoms with E-state index in [4.69, 9.17) is 0 Å². The van der Waals surface area contributed by atoms with Gasteiger partial charge in [-0.2, -0.15) is 0 Å². The van der Waals surface area contributed by atoms with Gasteiger partial charge in [-0.15, -0.1) is 0 Å². The summed E-state index contributed by atoms with van der Waals surface area (Å²) in [6, 6.07) is 0.520. The smallest absolute Gasteiger partial charge is 0.223 e. The van der Waals surface area contributed by atoms with Crippen LogP contribution in [0.3, 0.4) is 0 Å². The van der Waals surface area contributed by atoms with E-state index < -0.39 is 0 Å². The Morgan fingerprint density at radius 1 is 1.18 bits per heavy atom. The lowest BCUT2D eigenvalue weighted by Gasteiger charge is -2.26. The average Bonchev–Trinajstić information content (AvgIpc) is 2.99. The summed E-state index contributed by atoms with van der Waals surface area (Å²) in [4.78, 5) is 12.1. The molecule has 1 amide bonds. The third-order valence-electron chi connectivity index (χ3n) is 5.01. The summed E-state index contributed by atoms with van der Waals surface area (Å²) < 4.78 is 0. The molecule has 3 heteroatoms. The van der Waals surface area contributed by atoms with E-state index in [9.17, 15) is 4.79 Å². The molecule has 96 valence electrons. The molecule has 0 aromatic rings. The number of carbonyl (C=O) groups excluding carboxylic acids is 1. The minimum absolute atomic E-state index is 0.338. The molecule has 3 nitrogen and oxygen atoms in total. The second kappa shape index (κ2) is 4.97. The lowest BCUT2D eigenvalue weighted by Crippen LogP contribution is -2.45. The zero-order chi connectivity index (χ0) is 11.7. The van der Waals surface area contributed by atoms with Gasteiger partial charge < -0.3 is 10.6 Å². The predicted molar refractivity (Wildman–Crippen MR) is 67.6 cm³/mol. The van der Waals surface area contributed by atoms with Gasteiger partial charge in [0.15, 0.2) is 0 Å². The van der Waals surface area contributed by atoms with Crippen LogP contribution >= 0.6 is 0 Å². The first-order chi connectivity index (χ1) is 8.33. The summed E-state index contributed by atoms with van der Waals surface area (Å²) in [6.45, 7) is 1.96. The summed E-state index contributed by atoms with van der Waals surface area (Å²) in [5.74, 6) is 2.25. The second-order valence-corrected chi connectivity index (χ2v) is 6.17. The molecular weight excluding hydrogens is 212 g/mol. The highest BCUT2D eigenvalue weighted by Gasteiger charge is 2.42. The third kappa shape index (κ3) is 2.49. The molecule has 0 spiro atoms. The fraction of sp³-hybridized carbons (Fsp3) is 0.929. The minimum atomic E-state index is 0.338. The molecule has 1 heterocycles. The first kappa shape index (κ1) is 11.5. The van der Waals surface area contributed by atoms with Gasteiger partial charge in [0.05, 0.1) is 0 Å². The fourth-order valence-corrected chi connectivity index (χ4v) is 4.02. The Balaban J connectivity index is 1.44. The molecule has 2 bridgehead atoms. The molecule has 4 atom stereocenters. The normalized spacial score (nSPS) is 40.5. The first-order valence-electron chi connectivity index (χ1n) is 7.34. The van der Waals surface area contributed by atoms with Crippen molar-refractivity contribution in [3.63, 3.8) is 0 Å². The monoisotopic (exact) mass is 236 g/mol. The molecule has 4 unspecified atom stereocenters. The largest absolute Gasteiger partial charge is 0.354 e.